The van der Waals surface area contributed by atoms with Crippen LogP contribution in [0.25, 0.3) is 11.1 Å². The van der Waals surface area contributed by atoms with E-state index >= 15 is 0 Å². The highest BCUT2D eigenvalue weighted by Gasteiger charge is 2.45. The zero-order valence-electron chi connectivity index (χ0n) is 19.2. The molecule has 34 heavy (non-hydrogen) atoms. The first-order valence-corrected chi connectivity index (χ1v) is 12.2. The SMILES string of the molecule is CCCC1CCC(C2CCC(C(F)(F)Oc3ccc(-c4cc(F)c(F)c(F)c4)c(F)c3)CC2)C1. The Morgan fingerprint density at radius 2 is 1.47 bits per heavy atom. The minimum Gasteiger partial charge on any atom is -0.432 e. The second-order valence-corrected chi connectivity index (χ2v) is 9.90. The molecule has 4 rings (SSSR count). The number of alkyl halides is 2. The Kier molecular flexibility index (Phi) is 7.48. The van der Waals surface area contributed by atoms with Crippen LogP contribution >= 0.6 is 0 Å². The molecule has 0 spiro atoms. The van der Waals surface area contributed by atoms with Crippen LogP contribution in [0.1, 0.15) is 64.7 Å². The number of benzene rings is 2. The molecule has 2 aromatic carbocycles. The maximum Gasteiger partial charge on any atom is 0.400 e. The van der Waals surface area contributed by atoms with E-state index in [0.29, 0.717) is 36.8 Å². The molecule has 2 aliphatic rings. The second kappa shape index (κ2) is 10.2. The zero-order chi connectivity index (χ0) is 24.5. The number of hydrogen-bond donors (Lipinski definition) is 0. The predicted molar refractivity (Wildman–Crippen MR) is 118 cm³/mol. The molecule has 0 aliphatic heterocycles. The van der Waals surface area contributed by atoms with Crippen LogP contribution in [0.5, 0.6) is 5.75 Å². The van der Waals surface area contributed by atoms with E-state index in [4.69, 9.17) is 4.74 Å². The van der Waals surface area contributed by atoms with E-state index in [1.807, 2.05) is 0 Å². The van der Waals surface area contributed by atoms with Gasteiger partial charge in [-0.15, -0.1) is 0 Å². The van der Waals surface area contributed by atoms with Crippen LogP contribution in [0, 0.1) is 46.9 Å². The van der Waals surface area contributed by atoms with Gasteiger partial charge in [0.15, 0.2) is 17.5 Å². The minimum atomic E-state index is -3.45. The summed E-state index contributed by atoms with van der Waals surface area (Å²) in [5.41, 5.74) is -0.481. The fraction of sp³-hybridized carbons (Fsp3) is 0.556. The minimum absolute atomic E-state index is 0.237. The average Bonchev–Trinajstić information content (AvgIpc) is 3.26. The molecule has 7 heteroatoms. The van der Waals surface area contributed by atoms with Crippen molar-refractivity contribution in [1.82, 2.24) is 0 Å². The summed E-state index contributed by atoms with van der Waals surface area (Å²) in [6.07, 6.45) is 4.87. The first-order valence-electron chi connectivity index (χ1n) is 12.2. The lowest BCUT2D eigenvalue weighted by atomic mass is 9.74. The Bertz CT molecular complexity index is 976. The molecule has 0 heterocycles. The van der Waals surface area contributed by atoms with Gasteiger partial charge < -0.3 is 4.74 Å². The first kappa shape index (κ1) is 24.9. The Balaban J connectivity index is 1.38. The summed E-state index contributed by atoms with van der Waals surface area (Å²) in [6, 6.07) is 4.29. The standard InChI is InChI=1S/C27H30F6O/c1-2-3-16-4-5-18(12-16)17-6-8-20(9-7-17)27(32,33)34-21-10-11-22(23(28)15-21)19-13-24(29)26(31)25(30)14-19/h10-11,13-18,20H,2-9,12H2,1H3. The monoisotopic (exact) mass is 484 g/mol. The van der Waals surface area contributed by atoms with Gasteiger partial charge in [0.05, 0.1) is 5.92 Å². The number of halogens is 6. The predicted octanol–water partition coefficient (Wildman–Crippen LogP) is 8.90. The largest absolute Gasteiger partial charge is 0.432 e. The van der Waals surface area contributed by atoms with Crippen LogP contribution < -0.4 is 4.74 Å². The third kappa shape index (κ3) is 5.38. The van der Waals surface area contributed by atoms with Crippen molar-refractivity contribution in [1.29, 1.82) is 0 Å². The van der Waals surface area contributed by atoms with E-state index in [2.05, 4.69) is 6.92 Å². The van der Waals surface area contributed by atoms with Crippen molar-refractivity contribution >= 4 is 0 Å². The van der Waals surface area contributed by atoms with E-state index in [1.54, 1.807) is 0 Å². The molecule has 0 radical (unpaired) electrons. The van der Waals surface area contributed by atoms with Crippen LogP contribution in [0.3, 0.4) is 0 Å². The maximum atomic E-state index is 14.9. The average molecular weight is 485 g/mol. The molecule has 0 saturated heterocycles. The molecular weight excluding hydrogens is 454 g/mol. The molecule has 0 aromatic heterocycles. The quantitative estimate of drug-likeness (QED) is 0.282. The molecule has 2 fully saturated rings. The van der Waals surface area contributed by atoms with Gasteiger partial charge >= 0.3 is 6.11 Å². The molecular formula is C27H30F6O. The number of rotatable bonds is 7. The van der Waals surface area contributed by atoms with Gasteiger partial charge in [-0.3, -0.25) is 0 Å². The molecule has 0 bridgehead atoms. The number of hydrogen-bond acceptors (Lipinski definition) is 1. The van der Waals surface area contributed by atoms with Gasteiger partial charge in [-0.05, 0) is 86.1 Å². The van der Waals surface area contributed by atoms with Crippen molar-refractivity contribution in [2.45, 2.75) is 70.8 Å². The van der Waals surface area contributed by atoms with Crippen molar-refractivity contribution in [3.8, 4) is 16.9 Å². The van der Waals surface area contributed by atoms with Crippen molar-refractivity contribution < 1.29 is 31.1 Å². The Labute approximate surface area is 196 Å². The summed E-state index contributed by atoms with van der Waals surface area (Å²) in [6.45, 7) is 2.20. The molecule has 2 saturated carbocycles. The van der Waals surface area contributed by atoms with Crippen LogP contribution in [-0.4, -0.2) is 6.11 Å². The fourth-order valence-corrected chi connectivity index (χ4v) is 5.88. The van der Waals surface area contributed by atoms with Gasteiger partial charge in [0.25, 0.3) is 0 Å². The van der Waals surface area contributed by atoms with E-state index in [0.717, 1.165) is 37.0 Å². The molecule has 186 valence electrons. The zero-order valence-corrected chi connectivity index (χ0v) is 19.2. The van der Waals surface area contributed by atoms with Crippen LogP contribution in [-0.2, 0) is 0 Å². The van der Waals surface area contributed by atoms with Gasteiger partial charge in [0.1, 0.15) is 11.6 Å². The van der Waals surface area contributed by atoms with Crippen molar-refractivity contribution in [3.05, 3.63) is 53.6 Å². The van der Waals surface area contributed by atoms with E-state index in [9.17, 15) is 26.3 Å². The van der Waals surface area contributed by atoms with Gasteiger partial charge in [0.2, 0.25) is 0 Å². The van der Waals surface area contributed by atoms with Crippen LogP contribution in [0.2, 0.25) is 0 Å². The van der Waals surface area contributed by atoms with Crippen LogP contribution in [0.15, 0.2) is 30.3 Å². The summed E-state index contributed by atoms with van der Waals surface area (Å²) in [5.74, 6) is -4.99. The maximum absolute atomic E-state index is 14.9. The second-order valence-electron chi connectivity index (χ2n) is 9.90. The highest BCUT2D eigenvalue weighted by atomic mass is 19.3. The molecule has 1 nitrogen and oxygen atoms in total. The van der Waals surface area contributed by atoms with Crippen molar-refractivity contribution in [3.63, 3.8) is 0 Å². The number of ether oxygens (including phenoxy) is 1. The Hall–Kier alpha value is -2.18. The summed E-state index contributed by atoms with van der Waals surface area (Å²) in [5, 5.41) is 0. The topological polar surface area (TPSA) is 9.23 Å². The summed E-state index contributed by atoms with van der Waals surface area (Å²) >= 11 is 0. The van der Waals surface area contributed by atoms with E-state index in [1.165, 1.54) is 32.1 Å². The molecule has 2 unspecified atom stereocenters. The van der Waals surface area contributed by atoms with Crippen molar-refractivity contribution in [2.24, 2.45) is 23.7 Å². The summed E-state index contributed by atoms with van der Waals surface area (Å²) in [7, 11) is 0. The van der Waals surface area contributed by atoms with Crippen LogP contribution in [0.4, 0.5) is 26.3 Å². The first-order chi connectivity index (χ1) is 16.2. The van der Waals surface area contributed by atoms with Gasteiger partial charge in [-0.1, -0.05) is 26.2 Å². The summed E-state index contributed by atoms with van der Waals surface area (Å²) in [4.78, 5) is 0. The lowest BCUT2D eigenvalue weighted by Crippen LogP contribution is -2.38. The normalized spacial score (nSPS) is 25.5. The van der Waals surface area contributed by atoms with E-state index < -0.39 is 35.3 Å². The molecule has 2 aliphatic carbocycles. The van der Waals surface area contributed by atoms with Gasteiger partial charge in [-0.2, -0.15) is 8.78 Å². The molecule has 0 N–H and O–H groups in total. The van der Waals surface area contributed by atoms with Crippen molar-refractivity contribution in [2.75, 3.05) is 0 Å². The lowest BCUT2D eigenvalue weighted by molar-refractivity contribution is -0.224. The Morgan fingerprint density at radius 1 is 0.824 bits per heavy atom. The van der Waals surface area contributed by atoms with Gasteiger partial charge in [0, 0.05) is 11.6 Å². The Morgan fingerprint density at radius 3 is 2.09 bits per heavy atom. The third-order valence-electron chi connectivity index (χ3n) is 7.68. The van der Waals surface area contributed by atoms with Gasteiger partial charge in [-0.25, -0.2) is 17.6 Å². The molecule has 0 amide bonds. The fourth-order valence-electron chi connectivity index (χ4n) is 5.88. The highest BCUT2D eigenvalue weighted by Crippen LogP contribution is 2.47. The summed E-state index contributed by atoms with van der Waals surface area (Å²) < 4.78 is 89.4. The molecule has 2 atom stereocenters. The highest BCUT2D eigenvalue weighted by molar-refractivity contribution is 5.65. The smallest absolute Gasteiger partial charge is 0.400 e. The molecule has 2 aromatic rings. The van der Waals surface area contributed by atoms with E-state index in [-0.39, 0.29) is 16.9 Å². The third-order valence-corrected chi connectivity index (χ3v) is 7.68. The lowest BCUT2D eigenvalue weighted by Gasteiger charge is -2.35.